The van der Waals surface area contributed by atoms with Crippen molar-refractivity contribution in [3.05, 3.63) is 59.7 Å². The molecule has 0 heterocycles. The normalized spacial score (nSPS) is 10.4. The van der Waals surface area contributed by atoms with Gasteiger partial charge in [-0.25, -0.2) is 0 Å². The zero-order chi connectivity index (χ0) is 23.9. The van der Waals surface area contributed by atoms with E-state index in [9.17, 15) is 14.4 Å². The molecule has 2 aromatic carbocycles. The molecule has 0 aliphatic heterocycles. The Balaban J connectivity index is 1.78. The van der Waals surface area contributed by atoms with Gasteiger partial charge in [-0.3, -0.25) is 14.4 Å². The Kier molecular flexibility index (Phi) is 11.4. The van der Waals surface area contributed by atoms with Gasteiger partial charge in [-0.05, 0) is 55.3 Å². The van der Waals surface area contributed by atoms with Gasteiger partial charge in [0.2, 0.25) is 5.91 Å². The molecular formula is C24H32N4O5. The number of methoxy groups -OCH3 is 2. The van der Waals surface area contributed by atoms with Crippen LogP contribution >= 0.6 is 0 Å². The summed E-state index contributed by atoms with van der Waals surface area (Å²) in [4.78, 5) is 36.6. The number of hydrogen-bond acceptors (Lipinski definition) is 6. The number of nitrogens with one attached hydrogen (secondary N) is 4. The van der Waals surface area contributed by atoms with Gasteiger partial charge in [-0.2, -0.15) is 0 Å². The summed E-state index contributed by atoms with van der Waals surface area (Å²) in [6.45, 7) is 2.27. The van der Waals surface area contributed by atoms with Crippen LogP contribution in [0.5, 0.6) is 0 Å². The lowest BCUT2D eigenvalue weighted by Gasteiger charge is -2.10. The Morgan fingerprint density at radius 2 is 1.36 bits per heavy atom. The van der Waals surface area contributed by atoms with E-state index in [1.54, 1.807) is 62.8 Å². The molecule has 0 unspecified atom stereocenters. The van der Waals surface area contributed by atoms with Crippen molar-refractivity contribution in [2.24, 2.45) is 0 Å². The second-order valence-electron chi connectivity index (χ2n) is 7.26. The highest BCUT2D eigenvalue weighted by atomic mass is 16.5. The van der Waals surface area contributed by atoms with Crippen LogP contribution in [0.15, 0.2) is 48.5 Å². The molecule has 178 valence electrons. The molecule has 3 amide bonds. The van der Waals surface area contributed by atoms with E-state index in [4.69, 9.17) is 9.47 Å². The van der Waals surface area contributed by atoms with Crippen molar-refractivity contribution in [3.63, 3.8) is 0 Å². The number of hydrogen-bond donors (Lipinski definition) is 4. The first-order chi connectivity index (χ1) is 16.0. The van der Waals surface area contributed by atoms with Crippen molar-refractivity contribution in [2.75, 3.05) is 57.7 Å². The molecule has 0 fully saturated rings. The molecule has 0 bridgehead atoms. The Bertz CT molecular complexity index is 902. The van der Waals surface area contributed by atoms with Crippen LogP contribution in [-0.4, -0.2) is 64.8 Å². The third kappa shape index (κ3) is 9.71. The number of anilines is 2. The molecule has 9 nitrogen and oxygen atoms in total. The van der Waals surface area contributed by atoms with Gasteiger partial charge in [0.1, 0.15) is 0 Å². The summed E-state index contributed by atoms with van der Waals surface area (Å²) in [6.07, 6.45) is 1.48. The lowest BCUT2D eigenvalue weighted by molar-refractivity contribution is -0.114. The lowest BCUT2D eigenvalue weighted by Crippen LogP contribution is -2.26. The topological polar surface area (TPSA) is 118 Å². The van der Waals surface area contributed by atoms with Gasteiger partial charge < -0.3 is 30.7 Å². The van der Waals surface area contributed by atoms with E-state index in [1.807, 2.05) is 0 Å². The molecule has 0 saturated carbocycles. The standard InChI is InChI=1S/C24H32N4O5/c1-32-14-4-12-25-23(30)18-8-10-20(11-9-18)27-17-22(29)28-21-7-3-6-19(16-21)24(31)26-13-5-15-33-2/h3,6-11,16,27H,4-5,12-15,17H2,1-2H3,(H,25,30)(H,26,31)(H,28,29). The Morgan fingerprint density at radius 1 is 0.758 bits per heavy atom. The maximum absolute atomic E-state index is 12.3. The fourth-order valence-electron chi connectivity index (χ4n) is 2.91. The third-order valence-electron chi connectivity index (χ3n) is 4.63. The lowest BCUT2D eigenvalue weighted by atomic mass is 10.2. The first kappa shape index (κ1) is 25.8. The summed E-state index contributed by atoms with van der Waals surface area (Å²) in [5.41, 5.74) is 2.26. The van der Waals surface area contributed by atoms with E-state index in [0.29, 0.717) is 48.8 Å². The van der Waals surface area contributed by atoms with Crippen molar-refractivity contribution in [2.45, 2.75) is 12.8 Å². The van der Waals surface area contributed by atoms with Crippen molar-refractivity contribution in [1.82, 2.24) is 10.6 Å². The minimum Gasteiger partial charge on any atom is -0.385 e. The van der Waals surface area contributed by atoms with Gasteiger partial charge in [0, 0.05) is 63.0 Å². The second-order valence-corrected chi connectivity index (χ2v) is 7.26. The summed E-state index contributed by atoms with van der Waals surface area (Å²) < 4.78 is 9.91. The fourth-order valence-corrected chi connectivity index (χ4v) is 2.91. The van der Waals surface area contributed by atoms with Crippen LogP contribution in [0.4, 0.5) is 11.4 Å². The van der Waals surface area contributed by atoms with Crippen molar-refractivity contribution < 1.29 is 23.9 Å². The zero-order valence-corrected chi connectivity index (χ0v) is 19.1. The van der Waals surface area contributed by atoms with Crippen LogP contribution in [0, 0.1) is 0 Å². The number of carbonyl (C=O) groups excluding carboxylic acids is 3. The van der Waals surface area contributed by atoms with Crippen LogP contribution in [0.25, 0.3) is 0 Å². The first-order valence-corrected chi connectivity index (χ1v) is 10.8. The van der Waals surface area contributed by atoms with Gasteiger partial charge in [-0.1, -0.05) is 6.07 Å². The molecular weight excluding hydrogens is 424 g/mol. The van der Waals surface area contributed by atoms with Crippen LogP contribution in [0.3, 0.4) is 0 Å². The van der Waals surface area contributed by atoms with E-state index in [2.05, 4.69) is 21.3 Å². The van der Waals surface area contributed by atoms with E-state index in [-0.39, 0.29) is 24.3 Å². The Hall–Kier alpha value is -3.43. The van der Waals surface area contributed by atoms with Gasteiger partial charge >= 0.3 is 0 Å². The molecule has 4 N–H and O–H groups in total. The molecule has 0 atom stereocenters. The SMILES string of the molecule is COCCCNC(=O)c1ccc(NCC(=O)Nc2cccc(C(=O)NCCCOC)c2)cc1. The van der Waals surface area contributed by atoms with Crippen molar-refractivity contribution >= 4 is 29.1 Å². The van der Waals surface area contributed by atoms with Crippen molar-refractivity contribution in [1.29, 1.82) is 0 Å². The van der Waals surface area contributed by atoms with E-state index in [1.165, 1.54) is 0 Å². The average Bonchev–Trinajstić information content (AvgIpc) is 2.83. The molecule has 0 aromatic heterocycles. The molecule has 0 aliphatic rings. The zero-order valence-electron chi connectivity index (χ0n) is 19.1. The quantitative estimate of drug-likeness (QED) is 0.324. The summed E-state index contributed by atoms with van der Waals surface area (Å²) in [5, 5.41) is 11.4. The predicted octanol–water partition coefficient (Wildman–Crippen LogP) is 2.27. The Labute approximate surface area is 194 Å². The average molecular weight is 457 g/mol. The summed E-state index contributed by atoms with van der Waals surface area (Å²) in [6, 6.07) is 13.6. The van der Waals surface area contributed by atoms with Crippen LogP contribution in [0.1, 0.15) is 33.6 Å². The van der Waals surface area contributed by atoms with Gasteiger partial charge in [0.15, 0.2) is 0 Å². The number of ether oxygens (including phenoxy) is 2. The molecule has 2 aromatic rings. The number of rotatable bonds is 14. The third-order valence-corrected chi connectivity index (χ3v) is 4.63. The van der Waals surface area contributed by atoms with Crippen LogP contribution in [0.2, 0.25) is 0 Å². The number of benzene rings is 2. The van der Waals surface area contributed by atoms with Crippen LogP contribution in [-0.2, 0) is 14.3 Å². The molecule has 33 heavy (non-hydrogen) atoms. The molecule has 2 rings (SSSR count). The molecule has 0 spiro atoms. The summed E-state index contributed by atoms with van der Waals surface area (Å²) >= 11 is 0. The monoisotopic (exact) mass is 456 g/mol. The maximum atomic E-state index is 12.3. The fraction of sp³-hybridized carbons (Fsp3) is 0.375. The summed E-state index contributed by atoms with van der Waals surface area (Å²) in [5.74, 6) is -0.617. The highest BCUT2D eigenvalue weighted by molar-refractivity contribution is 5.98. The van der Waals surface area contributed by atoms with Crippen molar-refractivity contribution in [3.8, 4) is 0 Å². The second kappa shape index (κ2) is 14.6. The first-order valence-electron chi connectivity index (χ1n) is 10.8. The van der Waals surface area contributed by atoms with E-state index < -0.39 is 0 Å². The van der Waals surface area contributed by atoms with Gasteiger partial charge in [0.25, 0.3) is 11.8 Å². The van der Waals surface area contributed by atoms with Gasteiger partial charge in [-0.15, -0.1) is 0 Å². The van der Waals surface area contributed by atoms with Crippen LogP contribution < -0.4 is 21.3 Å². The molecule has 0 radical (unpaired) electrons. The molecule has 0 aliphatic carbocycles. The highest BCUT2D eigenvalue weighted by Gasteiger charge is 2.09. The largest absolute Gasteiger partial charge is 0.385 e. The molecule has 9 heteroatoms. The summed E-state index contributed by atoms with van der Waals surface area (Å²) in [7, 11) is 3.24. The smallest absolute Gasteiger partial charge is 0.251 e. The van der Waals surface area contributed by atoms with E-state index >= 15 is 0 Å². The maximum Gasteiger partial charge on any atom is 0.251 e. The number of amides is 3. The predicted molar refractivity (Wildman–Crippen MR) is 128 cm³/mol. The molecule has 0 saturated heterocycles. The highest BCUT2D eigenvalue weighted by Crippen LogP contribution is 2.12. The van der Waals surface area contributed by atoms with Gasteiger partial charge in [0.05, 0.1) is 6.54 Å². The Morgan fingerprint density at radius 3 is 1.97 bits per heavy atom. The minimum absolute atomic E-state index is 0.0377. The number of carbonyl (C=O) groups is 3. The van der Waals surface area contributed by atoms with E-state index in [0.717, 1.165) is 12.8 Å². The minimum atomic E-state index is -0.257.